The third kappa shape index (κ3) is 1.85. The van der Waals surface area contributed by atoms with Crippen molar-refractivity contribution in [3.8, 4) is 11.3 Å². The molecule has 0 spiro atoms. The molecule has 0 saturated heterocycles. The van der Waals surface area contributed by atoms with Crippen molar-refractivity contribution in [2.45, 2.75) is 13.6 Å². The lowest BCUT2D eigenvalue weighted by Crippen LogP contribution is -2.28. The smallest absolute Gasteiger partial charge is 0.260 e. The third-order valence-electron chi connectivity index (χ3n) is 3.95. The van der Waals surface area contributed by atoms with Gasteiger partial charge in [-0.1, -0.05) is 29.3 Å². The highest BCUT2D eigenvalue weighted by molar-refractivity contribution is 6.31. The predicted octanol–water partition coefficient (Wildman–Crippen LogP) is 4.01. The van der Waals surface area contributed by atoms with Crippen LogP contribution in [-0.4, -0.2) is 4.57 Å². The van der Waals surface area contributed by atoms with E-state index in [0.29, 0.717) is 11.7 Å². The highest BCUT2D eigenvalue weighted by Crippen LogP contribution is 2.34. The van der Waals surface area contributed by atoms with E-state index < -0.39 is 0 Å². The fourth-order valence-electron chi connectivity index (χ4n) is 2.91. The Labute approximate surface area is 126 Å². The molecule has 1 aliphatic rings. The number of pyridine rings is 1. The van der Waals surface area contributed by atoms with Gasteiger partial charge in [0.1, 0.15) is 0 Å². The van der Waals surface area contributed by atoms with Crippen LogP contribution in [0.5, 0.6) is 0 Å². The number of hydrogen-bond acceptors (Lipinski definition) is 2. The topological polar surface area (TPSA) is 34.0 Å². The van der Waals surface area contributed by atoms with Gasteiger partial charge in [0.2, 0.25) is 0 Å². The molecular weight excluding hydrogens is 284 g/mol. The number of aryl methyl sites for hydroxylation is 1. The monoisotopic (exact) mass is 296 g/mol. The SMILES string of the molecule is Cc1ccc2c(=O)n3c(cc2c1)-c1ccc(Cl)cc1NC3. The predicted molar refractivity (Wildman–Crippen MR) is 87.0 cm³/mol. The lowest BCUT2D eigenvalue weighted by molar-refractivity contribution is 0.743. The number of anilines is 1. The van der Waals surface area contributed by atoms with Crippen LogP contribution in [0.25, 0.3) is 22.0 Å². The van der Waals surface area contributed by atoms with Crippen molar-refractivity contribution >= 4 is 28.1 Å². The van der Waals surface area contributed by atoms with Crippen LogP contribution in [0.1, 0.15) is 5.56 Å². The van der Waals surface area contributed by atoms with E-state index >= 15 is 0 Å². The summed E-state index contributed by atoms with van der Waals surface area (Å²) in [4.78, 5) is 12.7. The summed E-state index contributed by atoms with van der Waals surface area (Å²) in [5, 5.41) is 5.68. The molecule has 0 unspecified atom stereocenters. The van der Waals surface area contributed by atoms with Crippen molar-refractivity contribution in [2.24, 2.45) is 0 Å². The quantitative estimate of drug-likeness (QED) is 0.680. The number of fused-ring (bicyclic) bond motifs is 4. The lowest BCUT2D eigenvalue weighted by atomic mass is 10.0. The summed E-state index contributed by atoms with van der Waals surface area (Å²) < 4.78 is 1.77. The van der Waals surface area contributed by atoms with Crippen LogP contribution in [0.15, 0.2) is 47.3 Å². The van der Waals surface area contributed by atoms with Gasteiger partial charge in [-0.25, -0.2) is 0 Å². The summed E-state index contributed by atoms with van der Waals surface area (Å²) in [6.07, 6.45) is 0. The van der Waals surface area contributed by atoms with E-state index in [1.54, 1.807) is 4.57 Å². The second kappa shape index (κ2) is 4.37. The van der Waals surface area contributed by atoms with E-state index in [1.807, 2.05) is 37.3 Å². The summed E-state index contributed by atoms with van der Waals surface area (Å²) >= 11 is 6.04. The standard InChI is InChI=1S/C17H13ClN2O/c1-10-2-4-13-11(6-10)7-16-14-5-3-12(18)8-15(14)19-9-20(16)17(13)21/h2-8,19H,9H2,1H3. The van der Waals surface area contributed by atoms with Gasteiger partial charge in [-0.05, 0) is 42.6 Å². The van der Waals surface area contributed by atoms with E-state index in [9.17, 15) is 4.79 Å². The molecule has 0 aliphatic carbocycles. The zero-order chi connectivity index (χ0) is 14.6. The molecule has 4 rings (SSSR count). The summed E-state index contributed by atoms with van der Waals surface area (Å²) in [7, 11) is 0. The molecule has 0 saturated carbocycles. The number of nitrogens with one attached hydrogen (secondary N) is 1. The Morgan fingerprint density at radius 3 is 2.86 bits per heavy atom. The minimum atomic E-state index is 0.0376. The van der Waals surface area contributed by atoms with Crippen molar-refractivity contribution in [3.05, 3.63) is 63.4 Å². The Bertz CT molecular complexity index is 943. The molecule has 1 N–H and O–H groups in total. The fraction of sp³-hybridized carbons (Fsp3) is 0.118. The van der Waals surface area contributed by atoms with Crippen LogP contribution < -0.4 is 10.9 Å². The highest BCUT2D eigenvalue weighted by atomic mass is 35.5. The zero-order valence-electron chi connectivity index (χ0n) is 11.5. The van der Waals surface area contributed by atoms with Crippen molar-refractivity contribution in [2.75, 3.05) is 5.32 Å². The van der Waals surface area contributed by atoms with Crippen molar-refractivity contribution in [1.29, 1.82) is 0 Å². The van der Waals surface area contributed by atoms with Crippen LogP contribution in [0.2, 0.25) is 5.02 Å². The zero-order valence-corrected chi connectivity index (χ0v) is 12.2. The maximum atomic E-state index is 12.7. The molecule has 4 heteroatoms. The molecule has 1 aromatic heterocycles. The van der Waals surface area contributed by atoms with Gasteiger partial charge in [-0.15, -0.1) is 0 Å². The number of hydrogen-bond donors (Lipinski definition) is 1. The van der Waals surface area contributed by atoms with Gasteiger partial charge in [0, 0.05) is 21.7 Å². The van der Waals surface area contributed by atoms with Crippen molar-refractivity contribution in [3.63, 3.8) is 0 Å². The Morgan fingerprint density at radius 1 is 1.14 bits per heavy atom. The van der Waals surface area contributed by atoms with E-state index in [0.717, 1.165) is 33.3 Å². The molecule has 104 valence electrons. The fourth-order valence-corrected chi connectivity index (χ4v) is 3.08. The molecule has 0 bridgehead atoms. The number of aromatic nitrogens is 1. The van der Waals surface area contributed by atoms with E-state index in [-0.39, 0.29) is 5.56 Å². The van der Waals surface area contributed by atoms with E-state index in [2.05, 4.69) is 17.4 Å². The largest absolute Gasteiger partial charge is 0.367 e. The molecule has 0 fully saturated rings. The maximum Gasteiger partial charge on any atom is 0.260 e. The maximum absolute atomic E-state index is 12.7. The normalized spacial score (nSPS) is 12.7. The van der Waals surface area contributed by atoms with Gasteiger partial charge in [-0.2, -0.15) is 0 Å². The van der Waals surface area contributed by atoms with Crippen LogP contribution >= 0.6 is 11.6 Å². The Balaban J connectivity index is 2.10. The average Bonchev–Trinajstić information content (AvgIpc) is 2.46. The molecular formula is C17H13ClN2O. The van der Waals surface area contributed by atoms with Gasteiger partial charge < -0.3 is 5.32 Å². The van der Waals surface area contributed by atoms with Gasteiger partial charge in [-0.3, -0.25) is 9.36 Å². The van der Waals surface area contributed by atoms with E-state index in [4.69, 9.17) is 11.6 Å². The molecule has 0 amide bonds. The first-order valence-electron chi connectivity index (χ1n) is 6.81. The number of nitrogens with zero attached hydrogens (tertiary/aromatic N) is 1. The summed E-state index contributed by atoms with van der Waals surface area (Å²) in [5.41, 5.74) is 4.09. The van der Waals surface area contributed by atoms with Crippen LogP contribution in [0, 0.1) is 6.92 Å². The number of benzene rings is 2. The molecule has 1 aliphatic heterocycles. The minimum absolute atomic E-state index is 0.0376. The first kappa shape index (κ1) is 12.5. The molecule has 3 aromatic rings. The third-order valence-corrected chi connectivity index (χ3v) is 4.19. The second-order valence-corrected chi connectivity index (χ2v) is 5.81. The van der Waals surface area contributed by atoms with Crippen LogP contribution in [0.3, 0.4) is 0 Å². The molecule has 0 radical (unpaired) electrons. The molecule has 21 heavy (non-hydrogen) atoms. The average molecular weight is 297 g/mol. The van der Waals surface area contributed by atoms with E-state index in [1.165, 1.54) is 0 Å². The van der Waals surface area contributed by atoms with Crippen molar-refractivity contribution < 1.29 is 0 Å². The minimum Gasteiger partial charge on any atom is -0.367 e. The molecule has 0 atom stereocenters. The second-order valence-electron chi connectivity index (χ2n) is 5.38. The van der Waals surface area contributed by atoms with Crippen molar-refractivity contribution in [1.82, 2.24) is 4.57 Å². The highest BCUT2D eigenvalue weighted by Gasteiger charge is 2.18. The van der Waals surface area contributed by atoms with Crippen LogP contribution in [0.4, 0.5) is 5.69 Å². The summed E-state index contributed by atoms with van der Waals surface area (Å²) in [5.74, 6) is 0. The number of rotatable bonds is 0. The Hall–Kier alpha value is -2.26. The van der Waals surface area contributed by atoms with Gasteiger partial charge in [0.15, 0.2) is 0 Å². The number of halogens is 1. The summed E-state index contributed by atoms with van der Waals surface area (Å²) in [6.45, 7) is 2.50. The van der Waals surface area contributed by atoms with Gasteiger partial charge in [0.05, 0.1) is 12.4 Å². The van der Waals surface area contributed by atoms with Crippen LogP contribution in [-0.2, 0) is 6.67 Å². The lowest BCUT2D eigenvalue weighted by Gasteiger charge is -2.24. The Morgan fingerprint density at radius 2 is 2.00 bits per heavy atom. The molecule has 3 nitrogen and oxygen atoms in total. The van der Waals surface area contributed by atoms with Gasteiger partial charge in [0.25, 0.3) is 5.56 Å². The molecule has 2 aromatic carbocycles. The first-order chi connectivity index (χ1) is 10.1. The molecule has 2 heterocycles. The first-order valence-corrected chi connectivity index (χ1v) is 7.19. The van der Waals surface area contributed by atoms with Gasteiger partial charge >= 0.3 is 0 Å². The Kier molecular flexibility index (Phi) is 2.59. The summed E-state index contributed by atoms with van der Waals surface area (Å²) in [6, 6.07) is 13.7.